The predicted octanol–water partition coefficient (Wildman–Crippen LogP) is -0.232. The molecular weight excluding hydrogens is 264 g/mol. The lowest BCUT2D eigenvalue weighted by Gasteiger charge is -2.13. The Bertz CT molecular complexity index is 591. The average Bonchev–Trinajstić information content (AvgIpc) is 3.04. The van der Waals surface area contributed by atoms with E-state index in [0.29, 0.717) is 5.56 Å². The number of aliphatic carboxylic acids is 1. The van der Waals surface area contributed by atoms with E-state index in [9.17, 15) is 9.59 Å². The number of H-pyrrole nitrogens is 1. The molecule has 2 heterocycles. The van der Waals surface area contributed by atoms with Crippen molar-refractivity contribution < 1.29 is 14.7 Å². The summed E-state index contributed by atoms with van der Waals surface area (Å²) in [7, 11) is 1.67. The van der Waals surface area contributed by atoms with Crippen LogP contribution in [0, 0.1) is 0 Å². The van der Waals surface area contributed by atoms with E-state index in [2.05, 4.69) is 25.9 Å². The monoisotopic (exact) mass is 278 g/mol. The number of carbonyl (C=O) groups is 2. The number of nitrogens with zero attached hydrogens (tertiary/aromatic N) is 3. The smallest absolute Gasteiger partial charge is 0.331 e. The molecular formula is C11H14N6O3. The van der Waals surface area contributed by atoms with Gasteiger partial charge < -0.3 is 15.7 Å². The summed E-state index contributed by atoms with van der Waals surface area (Å²) in [6.07, 6.45) is 6.14. The van der Waals surface area contributed by atoms with Crippen molar-refractivity contribution >= 4 is 12.0 Å². The molecule has 1 unspecified atom stereocenters. The zero-order chi connectivity index (χ0) is 14.5. The van der Waals surface area contributed by atoms with Gasteiger partial charge in [-0.05, 0) is 0 Å². The zero-order valence-electron chi connectivity index (χ0n) is 10.7. The van der Waals surface area contributed by atoms with Gasteiger partial charge in [0.05, 0.1) is 12.4 Å². The molecule has 0 aliphatic carbocycles. The Hall–Kier alpha value is -2.84. The van der Waals surface area contributed by atoms with Gasteiger partial charge >= 0.3 is 12.0 Å². The van der Waals surface area contributed by atoms with Crippen molar-refractivity contribution in [1.29, 1.82) is 0 Å². The molecule has 0 radical (unpaired) electrons. The van der Waals surface area contributed by atoms with Crippen molar-refractivity contribution in [2.75, 3.05) is 0 Å². The van der Waals surface area contributed by atoms with Crippen molar-refractivity contribution in [3.8, 4) is 0 Å². The fourth-order valence-corrected chi connectivity index (χ4v) is 1.62. The van der Waals surface area contributed by atoms with Crippen LogP contribution in [0.1, 0.15) is 17.2 Å². The van der Waals surface area contributed by atoms with Gasteiger partial charge in [0.15, 0.2) is 6.04 Å². The van der Waals surface area contributed by atoms with Gasteiger partial charge in [-0.15, -0.1) is 0 Å². The van der Waals surface area contributed by atoms with Gasteiger partial charge in [0, 0.05) is 37.1 Å². The molecule has 2 amide bonds. The largest absolute Gasteiger partial charge is 0.479 e. The molecule has 0 saturated heterocycles. The van der Waals surface area contributed by atoms with Crippen LogP contribution in [0.25, 0.3) is 0 Å². The molecule has 0 aliphatic rings. The average molecular weight is 278 g/mol. The highest BCUT2D eigenvalue weighted by Crippen LogP contribution is 2.11. The van der Waals surface area contributed by atoms with Crippen LogP contribution in [0.4, 0.5) is 4.79 Å². The quantitative estimate of drug-likeness (QED) is 0.601. The van der Waals surface area contributed by atoms with E-state index in [0.717, 1.165) is 5.56 Å². The van der Waals surface area contributed by atoms with E-state index in [1.807, 2.05) is 0 Å². The third-order valence-corrected chi connectivity index (χ3v) is 2.59. The van der Waals surface area contributed by atoms with E-state index < -0.39 is 18.0 Å². The lowest BCUT2D eigenvalue weighted by molar-refractivity contribution is -0.139. The molecule has 0 saturated carbocycles. The van der Waals surface area contributed by atoms with Crippen LogP contribution < -0.4 is 10.6 Å². The SMILES string of the molecule is Cn1cc(C(NC(=O)NCc2cn[nH]c2)C(=O)O)cn1. The van der Waals surface area contributed by atoms with Crippen LogP contribution in [-0.4, -0.2) is 37.1 Å². The summed E-state index contributed by atoms with van der Waals surface area (Å²) in [5.74, 6) is -1.16. The number of amides is 2. The van der Waals surface area contributed by atoms with Crippen LogP contribution in [0.2, 0.25) is 0 Å². The molecule has 0 aliphatic heterocycles. The topological polar surface area (TPSA) is 125 Å². The first-order valence-corrected chi connectivity index (χ1v) is 5.79. The Balaban J connectivity index is 1.94. The maximum atomic E-state index is 11.7. The highest BCUT2D eigenvalue weighted by molar-refractivity contribution is 5.83. The van der Waals surface area contributed by atoms with Gasteiger partial charge in [-0.1, -0.05) is 0 Å². The summed E-state index contributed by atoms with van der Waals surface area (Å²) in [6.45, 7) is 0.252. The van der Waals surface area contributed by atoms with Gasteiger partial charge in [-0.2, -0.15) is 10.2 Å². The summed E-state index contributed by atoms with van der Waals surface area (Å²) in [6, 6.07) is -1.73. The molecule has 0 spiro atoms. The second-order valence-electron chi connectivity index (χ2n) is 4.15. The van der Waals surface area contributed by atoms with E-state index in [1.165, 1.54) is 17.1 Å². The third-order valence-electron chi connectivity index (χ3n) is 2.59. The van der Waals surface area contributed by atoms with Gasteiger partial charge in [0.1, 0.15) is 0 Å². The fraction of sp³-hybridized carbons (Fsp3) is 0.273. The molecule has 4 N–H and O–H groups in total. The number of carboxylic acids is 1. The summed E-state index contributed by atoms with van der Waals surface area (Å²) < 4.78 is 1.47. The molecule has 1 atom stereocenters. The van der Waals surface area contributed by atoms with Crippen molar-refractivity contribution in [1.82, 2.24) is 30.6 Å². The summed E-state index contributed by atoms with van der Waals surface area (Å²) in [4.78, 5) is 22.9. The standard InChI is InChI=1S/C11H14N6O3/c1-17-6-8(5-15-17)9(10(18)19)16-11(20)12-2-7-3-13-14-4-7/h3-6,9H,2H2,1H3,(H,13,14)(H,18,19)(H2,12,16,20). The maximum absolute atomic E-state index is 11.7. The number of carbonyl (C=O) groups excluding carboxylic acids is 1. The number of hydrogen-bond donors (Lipinski definition) is 4. The number of rotatable bonds is 5. The number of aromatic amines is 1. The number of aryl methyl sites for hydroxylation is 1. The lowest BCUT2D eigenvalue weighted by atomic mass is 10.1. The fourth-order valence-electron chi connectivity index (χ4n) is 1.62. The Labute approximate surface area is 114 Å². The highest BCUT2D eigenvalue weighted by atomic mass is 16.4. The van der Waals surface area contributed by atoms with Gasteiger partial charge in [0.2, 0.25) is 0 Å². The first-order valence-electron chi connectivity index (χ1n) is 5.79. The minimum atomic E-state index is -1.16. The normalized spacial score (nSPS) is 11.8. The van der Waals surface area contributed by atoms with Crippen molar-refractivity contribution in [2.24, 2.45) is 7.05 Å². The van der Waals surface area contributed by atoms with Crippen molar-refractivity contribution in [3.05, 3.63) is 35.9 Å². The van der Waals surface area contributed by atoms with Crippen molar-refractivity contribution in [3.63, 3.8) is 0 Å². The molecule has 0 bridgehead atoms. The molecule has 9 nitrogen and oxygen atoms in total. The van der Waals surface area contributed by atoms with Crippen molar-refractivity contribution in [2.45, 2.75) is 12.6 Å². The zero-order valence-corrected chi connectivity index (χ0v) is 10.7. The maximum Gasteiger partial charge on any atom is 0.331 e. The second-order valence-corrected chi connectivity index (χ2v) is 4.15. The molecule has 20 heavy (non-hydrogen) atoms. The van der Waals surface area contributed by atoms with Crippen LogP contribution in [0.5, 0.6) is 0 Å². The van der Waals surface area contributed by atoms with E-state index in [1.54, 1.807) is 19.4 Å². The van der Waals surface area contributed by atoms with E-state index >= 15 is 0 Å². The summed E-state index contributed by atoms with van der Waals surface area (Å²) in [5, 5.41) is 24.3. The van der Waals surface area contributed by atoms with Gasteiger partial charge in [-0.3, -0.25) is 9.78 Å². The Morgan fingerprint density at radius 1 is 1.50 bits per heavy atom. The number of carboxylic acid groups (broad SMARTS) is 1. The molecule has 106 valence electrons. The van der Waals surface area contributed by atoms with E-state index in [-0.39, 0.29) is 6.54 Å². The third kappa shape index (κ3) is 3.34. The second kappa shape index (κ2) is 5.87. The van der Waals surface area contributed by atoms with Crippen LogP contribution in [-0.2, 0) is 18.4 Å². The molecule has 2 aromatic heterocycles. The minimum Gasteiger partial charge on any atom is -0.479 e. The lowest BCUT2D eigenvalue weighted by Crippen LogP contribution is -2.40. The van der Waals surface area contributed by atoms with Crippen LogP contribution in [0.3, 0.4) is 0 Å². The number of aromatic nitrogens is 4. The summed E-state index contributed by atoms with van der Waals surface area (Å²) in [5.41, 5.74) is 1.19. The van der Waals surface area contributed by atoms with Crippen LogP contribution >= 0.6 is 0 Å². The van der Waals surface area contributed by atoms with Gasteiger partial charge in [-0.25, -0.2) is 9.59 Å². The summed E-state index contributed by atoms with van der Waals surface area (Å²) >= 11 is 0. The number of urea groups is 1. The minimum absolute atomic E-state index is 0.252. The molecule has 9 heteroatoms. The number of nitrogens with one attached hydrogen (secondary N) is 3. The van der Waals surface area contributed by atoms with E-state index in [4.69, 9.17) is 5.11 Å². The Morgan fingerprint density at radius 3 is 2.85 bits per heavy atom. The molecule has 0 fully saturated rings. The Kier molecular flexibility index (Phi) is 3.99. The molecule has 2 aromatic rings. The highest BCUT2D eigenvalue weighted by Gasteiger charge is 2.23. The number of hydrogen-bond acceptors (Lipinski definition) is 4. The first kappa shape index (κ1) is 13.6. The molecule has 2 rings (SSSR count). The Morgan fingerprint density at radius 2 is 2.30 bits per heavy atom. The van der Waals surface area contributed by atoms with Crippen LogP contribution in [0.15, 0.2) is 24.8 Å². The first-order chi connectivity index (χ1) is 9.56. The molecule has 0 aromatic carbocycles. The predicted molar refractivity (Wildman–Crippen MR) is 67.5 cm³/mol. The van der Waals surface area contributed by atoms with Gasteiger partial charge in [0.25, 0.3) is 0 Å².